The Kier molecular flexibility index (Phi) is 6.19. The molecule has 4 amide bonds. The number of ether oxygens (including phenoxy) is 2. The summed E-state index contributed by atoms with van der Waals surface area (Å²) in [5, 5.41) is 13.7. The van der Waals surface area contributed by atoms with Crippen LogP contribution in [0.25, 0.3) is 6.08 Å². The number of benzene rings is 1. The van der Waals surface area contributed by atoms with Crippen molar-refractivity contribution in [2.45, 2.75) is 6.54 Å². The highest BCUT2D eigenvalue weighted by atomic mass is 16.6. The summed E-state index contributed by atoms with van der Waals surface area (Å²) < 4.78 is 14.9. The Hall–Kier alpha value is -4.68. The summed E-state index contributed by atoms with van der Waals surface area (Å²) in [4.78, 5) is 58.9. The molecule has 3 rings (SSSR count). The van der Waals surface area contributed by atoms with Crippen LogP contribution in [0.4, 0.5) is 10.5 Å². The van der Waals surface area contributed by atoms with E-state index in [1.807, 2.05) is 0 Å². The Labute approximate surface area is 179 Å². The highest BCUT2D eigenvalue weighted by molar-refractivity contribution is 6.14. The second-order valence-corrected chi connectivity index (χ2v) is 6.34. The van der Waals surface area contributed by atoms with Gasteiger partial charge in [-0.3, -0.25) is 24.6 Å². The summed E-state index contributed by atoms with van der Waals surface area (Å²) >= 11 is 0. The normalized spacial score (nSPS) is 14.4. The molecule has 1 fully saturated rings. The van der Waals surface area contributed by atoms with Gasteiger partial charge in [-0.25, -0.2) is 9.59 Å². The van der Waals surface area contributed by atoms with Crippen molar-refractivity contribution in [3.8, 4) is 5.75 Å². The highest BCUT2D eigenvalue weighted by Crippen LogP contribution is 2.33. The molecule has 1 saturated heterocycles. The number of nitrogens with zero attached hydrogens (tertiary/aromatic N) is 2. The van der Waals surface area contributed by atoms with Crippen LogP contribution < -0.4 is 15.8 Å². The fourth-order valence-corrected chi connectivity index (χ4v) is 2.80. The van der Waals surface area contributed by atoms with Crippen LogP contribution in [0, 0.1) is 10.1 Å². The molecule has 0 atom stereocenters. The number of hydrogen-bond donors (Lipinski definition) is 2. The van der Waals surface area contributed by atoms with E-state index in [-0.39, 0.29) is 35.1 Å². The van der Waals surface area contributed by atoms with E-state index in [0.717, 1.165) is 11.0 Å². The van der Waals surface area contributed by atoms with E-state index in [4.69, 9.17) is 14.9 Å². The zero-order chi connectivity index (χ0) is 23.4. The SMILES string of the molecule is COC(=O)c1ccc(CN2C(=O)NC(=Cc3cccc([N+](=O)[O-])c3OCC(N)=O)C2=O)o1. The molecule has 0 radical (unpaired) electrons. The Bertz CT molecular complexity index is 1150. The molecule has 1 aromatic carbocycles. The van der Waals surface area contributed by atoms with Gasteiger partial charge in [0.05, 0.1) is 18.6 Å². The Morgan fingerprint density at radius 3 is 2.69 bits per heavy atom. The minimum atomic E-state index is -0.858. The maximum absolute atomic E-state index is 12.7. The number of nitrogens with one attached hydrogen (secondary N) is 1. The number of rotatable bonds is 8. The third-order valence-corrected chi connectivity index (χ3v) is 4.20. The smallest absolute Gasteiger partial charge is 0.373 e. The number of para-hydroxylation sites is 1. The number of carbonyl (C=O) groups excluding carboxylic acids is 4. The first-order valence-electron chi connectivity index (χ1n) is 8.91. The van der Waals surface area contributed by atoms with Gasteiger partial charge in [-0.1, -0.05) is 12.1 Å². The fraction of sp³-hybridized carbons (Fsp3) is 0.158. The molecule has 13 nitrogen and oxygen atoms in total. The molecule has 0 bridgehead atoms. The molecule has 1 aliphatic rings. The summed E-state index contributed by atoms with van der Waals surface area (Å²) in [6.07, 6.45) is 1.17. The molecule has 1 aliphatic heterocycles. The van der Waals surface area contributed by atoms with Gasteiger partial charge < -0.3 is 24.9 Å². The number of hydrogen-bond acceptors (Lipinski definition) is 9. The lowest BCUT2D eigenvalue weighted by Crippen LogP contribution is -2.30. The van der Waals surface area contributed by atoms with Crippen molar-refractivity contribution in [1.82, 2.24) is 10.2 Å². The van der Waals surface area contributed by atoms with Crippen molar-refractivity contribution < 1.29 is 38.0 Å². The zero-order valence-electron chi connectivity index (χ0n) is 16.5. The van der Waals surface area contributed by atoms with Gasteiger partial charge >= 0.3 is 17.7 Å². The molecule has 13 heteroatoms. The summed E-state index contributed by atoms with van der Waals surface area (Å²) in [7, 11) is 1.17. The van der Waals surface area contributed by atoms with Crippen LogP contribution in [0.5, 0.6) is 5.75 Å². The number of amides is 4. The van der Waals surface area contributed by atoms with Crippen molar-refractivity contribution in [3.63, 3.8) is 0 Å². The number of esters is 1. The van der Waals surface area contributed by atoms with Crippen molar-refractivity contribution in [1.29, 1.82) is 0 Å². The molecule has 2 heterocycles. The van der Waals surface area contributed by atoms with Crippen LogP contribution in [-0.4, -0.2) is 47.4 Å². The van der Waals surface area contributed by atoms with Crippen molar-refractivity contribution in [2.24, 2.45) is 5.73 Å². The average Bonchev–Trinajstić information content (AvgIpc) is 3.32. The predicted molar refractivity (Wildman–Crippen MR) is 105 cm³/mol. The first-order chi connectivity index (χ1) is 15.2. The molecule has 0 saturated carbocycles. The molecule has 0 aliphatic carbocycles. The van der Waals surface area contributed by atoms with Crippen molar-refractivity contribution in [3.05, 3.63) is 63.2 Å². The van der Waals surface area contributed by atoms with Gasteiger partial charge in [0.15, 0.2) is 6.61 Å². The van der Waals surface area contributed by atoms with E-state index in [1.54, 1.807) is 0 Å². The van der Waals surface area contributed by atoms with E-state index < -0.39 is 41.0 Å². The Morgan fingerprint density at radius 1 is 1.28 bits per heavy atom. The lowest BCUT2D eigenvalue weighted by atomic mass is 10.1. The van der Waals surface area contributed by atoms with Crippen LogP contribution in [-0.2, 0) is 20.9 Å². The molecule has 32 heavy (non-hydrogen) atoms. The molecule has 0 unspecified atom stereocenters. The van der Waals surface area contributed by atoms with Gasteiger partial charge in [0.1, 0.15) is 11.5 Å². The minimum Gasteiger partial charge on any atom is -0.476 e. The Balaban J connectivity index is 1.88. The predicted octanol–water partition coefficient (Wildman–Crippen LogP) is 0.931. The zero-order valence-corrected chi connectivity index (χ0v) is 16.5. The van der Waals surface area contributed by atoms with E-state index in [2.05, 4.69) is 10.1 Å². The van der Waals surface area contributed by atoms with Gasteiger partial charge in [-0.05, 0) is 18.2 Å². The van der Waals surface area contributed by atoms with Gasteiger partial charge in [-0.15, -0.1) is 0 Å². The van der Waals surface area contributed by atoms with E-state index in [0.29, 0.717) is 0 Å². The number of urea groups is 1. The second kappa shape index (κ2) is 8.99. The number of carbonyl (C=O) groups is 4. The standard InChI is InChI=1S/C19H16N4O9/c1-30-18(26)14-6-5-11(32-14)8-22-17(25)12(21-19(22)27)7-10-3-2-4-13(23(28)29)16(10)31-9-15(20)24/h2-7H,8-9H2,1H3,(H2,20,24)(H,21,27). The number of nitrogens with two attached hydrogens (primary N) is 1. The second-order valence-electron chi connectivity index (χ2n) is 6.34. The van der Waals surface area contributed by atoms with Crippen molar-refractivity contribution in [2.75, 3.05) is 13.7 Å². The van der Waals surface area contributed by atoms with E-state index in [9.17, 15) is 29.3 Å². The minimum absolute atomic E-state index is 0.0666. The molecular formula is C19H16N4O9. The van der Waals surface area contributed by atoms with Crippen LogP contribution in [0.3, 0.4) is 0 Å². The van der Waals surface area contributed by atoms with Crippen LogP contribution in [0.1, 0.15) is 21.9 Å². The Morgan fingerprint density at radius 2 is 2.03 bits per heavy atom. The lowest BCUT2D eigenvalue weighted by molar-refractivity contribution is -0.385. The molecule has 1 aromatic heterocycles. The summed E-state index contributed by atoms with van der Waals surface area (Å²) in [5.41, 5.74) is 4.45. The summed E-state index contributed by atoms with van der Waals surface area (Å²) in [5.74, 6) is -2.57. The molecular weight excluding hydrogens is 428 g/mol. The molecule has 3 N–H and O–H groups in total. The van der Waals surface area contributed by atoms with Gasteiger partial charge in [0, 0.05) is 11.6 Å². The topological polar surface area (TPSA) is 184 Å². The van der Waals surface area contributed by atoms with Gasteiger partial charge in [0.2, 0.25) is 11.5 Å². The number of nitro benzene ring substituents is 1. The van der Waals surface area contributed by atoms with E-state index >= 15 is 0 Å². The number of imide groups is 1. The average molecular weight is 444 g/mol. The third kappa shape index (κ3) is 4.56. The highest BCUT2D eigenvalue weighted by Gasteiger charge is 2.35. The van der Waals surface area contributed by atoms with Gasteiger partial charge in [-0.2, -0.15) is 0 Å². The van der Waals surface area contributed by atoms with Crippen LogP contribution >= 0.6 is 0 Å². The molecule has 2 aromatic rings. The van der Waals surface area contributed by atoms with Crippen molar-refractivity contribution >= 4 is 35.6 Å². The summed E-state index contributed by atoms with van der Waals surface area (Å²) in [6, 6.07) is 5.86. The number of nitro groups is 1. The quantitative estimate of drug-likeness (QED) is 0.196. The fourth-order valence-electron chi connectivity index (χ4n) is 2.80. The van der Waals surface area contributed by atoms with Crippen LogP contribution in [0.15, 0.2) is 40.4 Å². The lowest BCUT2D eigenvalue weighted by Gasteiger charge is -2.10. The maximum atomic E-state index is 12.7. The monoisotopic (exact) mass is 444 g/mol. The first-order valence-corrected chi connectivity index (χ1v) is 8.91. The largest absolute Gasteiger partial charge is 0.476 e. The van der Waals surface area contributed by atoms with E-state index in [1.165, 1.54) is 37.5 Å². The van der Waals surface area contributed by atoms with Gasteiger partial charge in [0.25, 0.3) is 11.8 Å². The third-order valence-electron chi connectivity index (χ3n) is 4.20. The summed E-state index contributed by atoms with van der Waals surface area (Å²) in [6.45, 7) is -0.909. The first kappa shape index (κ1) is 22.0. The molecule has 0 spiro atoms. The molecule has 166 valence electrons. The number of methoxy groups -OCH3 is 1. The van der Waals surface area contributed by atoms with Crippen LogP contribution in [0.2, 0.25) is 0 Å². The number of primary amides is 1. The number of furan rings is 1. The maximum Gasteiger partial charge on any atom is 0.373 e.